The van der Waals surface area contributed by atoms with E-state index in [0.29, 0.717) is 13.1 Å². The molecular formula is C21H34FN2O6P. The quantitative estimate of drug-likeness (QED) is 0.342. The van der Waals surface area contributed by atoms with E-state index in [1.807, 2.05) is 0 Å². The first-order valence-electron chi connectivity index (χ1n) is 10.3. The molecule has 1 unspecified atom stereocenters. The maximum Gasteiger partial charge on any atom is 0.407 e. The summed E-state index contributed by atoms with van der Waals surface area (Å²) in [5.41, 5.74) is -0.114. The first-order chi connectivity index (χ1) is 14.5. The molecule has 1 atom stereocenters. The van der Waals surface area contributed by atoms with Crippen LogP contribution in [0.15, 0.2) is 18.2 Å². The van der Waals surface area contributed by atoms with Gasteiger partial charge < -0.3 is 24.4 Å². The number of carbonyl (C=O) groups is 2. The third-order valence-electron chi connectivity index (χ3n) is 3.90. The predicted octanol–water partition coefficient (Wildman–Crippen LogP) is 4.82. The molecular weight excluding hydrogens is 426 g/mol. The lowest BCUT2D eigenvalue weighted by molar-refractivity contribution is 0.0527. The van der Waals surface area contributed by atoms with Crippen molar-refractivity contribution in [2.24, 2.45) is 0 Å². The molecule has 0 fully saturated rings. The Kier molecular flexibility index (Phi) is 11.0. The molecule has 1 aromatic rings. The van der Waals surface area contributed by atoms with E-state index in [9.17, 15) is 18.5 Å². The summed E-state index contributed by atoms with van der Waals surface area (Å²) < 4.78 is 41.0. The molecule has 0 bridgehead atoms. The predicted molar refractivity (Wildman–Crippen MR) is 117 cm³/mol. The van der Waals surface area contributed by atoms with Gasteiger partial charge in [-0.05, 0) is 65.2 Å². The standard InChI is InChI=1S/C21H34FN2O6P/c1-6-28-31(5,27)30-18-11-10-16(14-17(18)15-22)19(25)23-12-8-7-9-13-24-20(26)29-21(2,3)4/h10-11,14H,6-9,12-13,15H2,1-5H3,(H,23,25)(H,24,26). The summed E-state index contributed by atoms with van der Waals surface area (Å²) in [4.78, 5) is 23.8. The van der Waals surface area contributed by atoms with Crippen molar-refractivity contribution in [1.82, 2.24) is 10.6 Å². The lowest BCUT2D eigenvalue weighted by Gasteiger charge is -2.19. The Labute approximate surface area is 183 Å². The zero-order valence-corrected chi connectivity index (χ0v) is 19.9. The molecule has 0 radical (unpaired) electrons. The Balaban J connectivity index is 2.40. The van der Waals surface area contributed by atoms with E-state index in [1.54, 1.807) is 27.7 Å². The first kappa shape index (κ1) is 26.9. The maximum atomic E-state index is 13.4. The van der Waals surface area contributed by atoms with Crippen molar-refractivity contribution < 1.29 is 32.3 Å². The van der Waals surface area contributed by atoms with Gasteiger partial charge >= 0.3 is 13.7 Å². The fraction of sp³-hybridized carbons (Fsp3) is 0.619. The highest BCUT2D eigenvalue weighted by molar-refractivity contribution is 7.53. The molecule has 176 valence electrons. The topological polar surface area (TPSA) is 103 Å². The minimum Gasteiger partial charge on any atom is -0.444 e. The molecule has 0 aromatic heterocycles. The normalized spacial score (nSPS) is 13.2. The van der Waals surface area contributed by atoms with E-state index in [2.05, 4.69) is 10.6 Å². The number of hydrogen-bond donors (Lipinski definition) is 2. The number of unbranched alkanes of at least 4 members (excludes halogenated alkanes) is 2. The van der Waals surface area contributed by atoms with Crippen LogP contribution in [0.25, 0.3) is 0 Å². The van der Waals surface area contributed by atoms with Crippen LogP contribution in [0.1, 0.15) is 62.9 Å². The molecule has 0 aliphatic carbocycles. The second-order valence-corrected chi connectivity index (χ2v) is 9.97. The van der Waals surface area contributed by atoms with Crippen molar-refractivity contribution in [3.63, 3.8) is 0 Å². The zero-order chi connectivity index (χ0) is 23.5. The van der Waals surface area contributed by atoms with Gasteiger partial charge in [-0.2, -0.15) is 0 Å². The molecule has 2 amide bonds. The Morgan fingerprint density at radius 2 is 1.74 bits per heavy atom. The van der Waals surface area contributed by atoms with Crippen molar-refractivity contribution in [2.75, 3.05) is 26.4 Å². The Morgan fingerprint density at radius 1 is 1.10 bits per heavy atom. The third-order valence-corrected chi connectivity index (χ3v) is 5.16. The molecule has 0 heterocycles. The van der Waals surface area contributed by atoms with Gasteiger partial charge in [0, 0.05) is 30.9 Å². The smallest absolute Gasteiger partial charge is 0.407 e. The average Bonchev–Trinajstić information content (AvgIpc) is 2.65. The van der Waals surface area contributed by atoms with Crippen molar-refractivity contribution in [1.29, 1.82) is 0 Å². The second kappa shape index (κ2) is 12.7. The highest BCUT2D eigenvalue weighted by Gasteiger charge is 2.20. The van der Waals surface area contributed by atoms with Crippen molar-refractivity contribution in [2.45, 2.75) is 59.2 Å². The van der Waals surface area contributed by atoms with Crippen LogP contribution in [-0.4, -0.2) is 44.0 Å². The summed E-state index contributed by atoms with van der Waals surface area (Å²) in [5, 5.41) is 5.46. The highest BCUT2D eigenvalue weighted by atomic mass is 31.2. The zero-order valence-electron chi connectivity index (χ0n) is 19.0. The third kappa shape index (κ3) is 11.2. The van der Waals surface area contributed by atoms with E-state index in [4.69, 9.17) is 13.8 Å². The lowest BCUT2D eigenvalue weighted by Crippen LogP contribution is -2.33. The minimum absolute atomic E-state index is 0.0934. The Morgan fingerprint density at radius 3 is 2.32 bits per heavy atom. The van der Waals surface area contributed by atoms with Gasteiger partial charge in [-0.1, -0.05) is 0 Å². The van der Waals surface area contributed by atoms with Crippen LogP contribution in [0.5, 0.6) is 5.75 Å². The maximum absolute atomic E-state index is 13.4. The number of benzene rings is 1. The number of halogens is 1. The molecule has 2 N–H and O–H groups in total. The summed E-state index contributed by atoms with van der Waals surface area (Å²) in [5.74, 6) is -0.242. The molecule has 1 rings (SSSR count). The van der Waals surface area contributed by atoms with Crippen molar-refractivity contribution in [3.8, 4) is 5.75 Å². The van der Waals surface area contributed by atoms with Gasteiger partial charge in [0.05, 0.1) is 6.61 Å². The highest BCUT2D eigenvalue weighted by Crippen LogP contribution is 2.45. The number of ether oxygens (including phenoxy) is 1. The van der Waals surface area contributed by atoms with Crippen molar-refractivity contribution in [3.05, 3.63) is 29.3 Å². The number of amides is 2. The van der Waals surface area contributed by atoms with Gasteiger partial charge in [0.2, 0.25) is 0 Å². The van der Waals surface area contributed by atoms with Gasteiger partial charge in [-0.15, -0.1) is 0 Å². The molecule has 1 aromatic carbocycles. The Bertz CT molecular complexity index is 782. The van der Waals surface area contributed by atoms with Gasteiger partial charge in [-0.3, -0.25) is 4.79 Å². The lowest BCUT2D eigenvalue weighted by atomic mass is 10.1. The summed E-state index contributed by atoms with van der Waals surface area (Å²) >= 11 is 0. The largest absolute Gasteiger partial charge is 0.444 e. The van der Waals surface area contributed by atoms with Crippen LogP contribution in [-0.2, 0) is 20.5 Å². The number of hydrogen-bond acceptors (Lipinski definition) is 6. The van der Waals surface area contributed by atoms with Crippen LogP contribution in [0.4, 0.5) is 9.18 Å². The number of nitrogens with one attached hydrogen (secondary N) is 2. The number of alkyl carbamates (subject to hydrolysis) is 1. The van der Waals surface area contributed by atoms with Gasteiger partial charge in [0.25, 0.3) is 5.91 Å². The molecule has 0 saturated heterocycles. The Hall–Kier alpha value is -2.12. The van der Waals surface area contributed by atoms with E-state index >= 15 is 0 Å². The number of alkyl halides is 1. The molecule has 0 spiro atoms. The summed E-state index contributed by atoms with van der Waals surface area (Å²) in [7, 11) is -3.34. The van der Waals surface area contributed by atoms with Crippen LogP contribution < -0.4 is 15.2 Å². The fourth-order valence-corrected chi connectivity index (χ4v) is 3.65. The van der Waals surface area contributed by atoms with E-state index in [-0.39, 0.29) is 29.4 Å². The fourth-order valence-electron chi connectivity index (χ4n) is 2.59. The number of carbonyl (C=O) groups excluding carboxylic acids is 2. The number of rotatable bonds is 12. The van der Waals surface area contributed by atoms with Crippen molar-refractivity contribution >= 4 is 19.6 Å². The molecule has 8 nitrogen and oxygen atoms in total. The molecule has 0 aliphatic heterocycles. The van der Waals surface area contributed by atoms with E-state index in [0.717, 1.165) is 19.3 Å². The molecule has 0 aliphatic rings. The molecule has 0 saturated carbocycles. The van der Waals surface area contributed by atoms with E-state index in [1.165, 1.54) is 24.9 Å². The minimum atomic E-state index is -3.34. The molecule has 31 heavy (non-hydrogen) atoms. The van der Waals surface area contributed by atoms with Crippen LogP contribution >= 0.6 is 7.60 Å². The van der Waals surface area contributed by atoms with Gasteiger partial charge in [0.15, 0.2) is 0 Å². The van der Waals surface area contributed by atoms with Crippen LogP contribution in [0, 0.1) is 0 Å². The summed E-state index contributed by atoms with van der Waals surface area (Å²) in [6.45, 7) is 8.67. The monoisotopic (exact) mass is 460 g/mol. The second-order valence-electron chi connectivity index (χ2n) is 7.98. The first-order valence-corrected chi connectivity index (χ1v) is 12.3. The molecule has 10 heteroatoms. The van der Waals surface area contributed by atoms with Crippen LogP contribution in [0.3, 0.4) is 0 Å². The van der Waals surface area contributed by atoms with Crippen LogP contribution in [0.2, 0.25) is 0 Å². The van der Waals surface area contributed by atoms with Gasteiger partial charge in [0.1, 0.15) is 18.0 Å². The summed E-state index contributed by atoms with van der Waals surface area (Å²) in [6.07, 6.45) is 1.84. The average molecular weight is 460 g/mol. The SMILES string of the molecule is CCOP(C)(=O)Oc1ccc(C(=O)NCCCCCNC(=O)OC(C)(C)C)cc1CF. The summed E-state index contributed by atoms with van der Waals surface area (Å²) in [6, 6.07) is 4.28. The van der Waals surface area contributed by atoms with E-state index < -0.39 is 26.0 Å². The van der Waals surface area contributed by atoms with Gasteiger partial charge in [-0.25, -0.2) is 13.8 Å².